The molecule has 1 unspecified atom stereocenters. The van der Waals surface area contributed by atoms with E-state index in [-0.39, 0.29) is 12.2 Å². The Balaban J connectivity index is 1.43. The quantitative estimate of drug-likeness (QED) is 0.513. The minimum Gasteiger partial charge on any atom is -0.487 e. The second kappa shape index (κ2) is 8.00. The molecular weight excluding hydrogens is 446 g/mol. The number of aliphatic hydroxyl groups excluding tert-OH is 1. The van der Waals surface area contributed by atoms with Crippen molar-refractivity contribution in [1.29, 1.82) is 0 Å². The summed E-state index contributed by atoms with van der Waals surface area (Å²) in [6, 6.07) is 5.91. The maximum Gasteiger partial charge on any atom is 0.227 e. The number of anilines is 2. The zero-order valence-corrected chi connectivity index (χ0v) is 18.3. The van der Waals surface area contributed by atoms with Gasteiger partial charge in [-0.15, -0.1) is 0 Å². The number of aromatic amines is 1. The summed E-state index contributed by atoms with van der Waals surface area (Å²) in [5.41, 5.74) is 4.69. The molecule has 156 valence electrons. The number of nitrogens with zero attached hydrogens (tertiary/aromatic N) is 3. The highest BCUT2D eigenvalue weighted by Crippen LogP contribution is 2.40. The van der Waals surface area contributed by atoms with Gasteiger partial charge in [0.2, 0.25) is 5.95 Å². The molecule has 0 amide bonds. The lowest BCUT2D eigenvalue weighted by Gasteiger charge is -2.31. The lowest BCUT2D eigenvalue weighted by Crippen LogP contribution is -2.26. The molecule has 7 nitrogen and oxygen atoms in total. The molecule has 1 atom stereocenters. The number of H-pyrrole nitrogens is 1. The largest absolute Gasteiger partial charge is 0.487 e. The Morgan fingerprint density at radius 3 is 2.87 bits per heavy atom. The van der Waals surface area contributed by atoms with E-state index in [4.69, 9.17) is 9.72 Å². The first kappa shape index (κ1) is 19.5. The number of fused-ring (bicyclic) bond motifs is 2. The van der Waals surface area contributed by atoms with E-state index in [1.165, 1.54) is 0 Å². The summed E-state index contributed by atoms with van der Waals surface area (Å²) in [6.45, 7) is 2.17. The van der Waals surface area contributed by atoms with E-state index < -0.39 is 0 Å². The van der Waals surface area contributed by atoms with E-state index in [1.807, 2.05) is 24.4 Å². The lowest BCUT2D eigenvalue weighted by molar-refractivity contribution is 0.0521. The molecule has 30 heavy (non-hydrogen) atoms. The maximum absolute atomic E-state index is 9.80. The van der Waals surface area contributed by atoms with E-state index in [1.54, 1.807) is 6.33 Å². The van der Waals surface area contributed by atoms with Crippen LogP contribution >= 0.6 is 15.9 Å². The van der Waals surface area contributed by atoms with Gasteiger partial charge in [0.05, 0.1) is 29.6 Å². The maximum atomic E-state index is 9.80. The van der Waals surface area contributed by atoms with Crippen molar-refractivity contribution in [3.63, 3.8) is 0 Å². The van der Waals surface area contributed by atoms with Crippen LogP contribution < -0.4 is 5.32 Å². The molecule has 1 aromatic carbocycles. The standard InChI is InChI=1S/C22H24BrN5O2/c1-12-8-13-10-24-22(27-14-2-7-17-18(9-14)26-11-25-17)28-20(13)21(19(12)23)30-16-5-3-15(29)4-6-16/h2,7,9-12,15-16,29H,3-6,8H2,1H3,(H,25,26)(H,24,27,28). The van der Waals surface area contributed by atoms with E-state index >= 15 is 0 Å². The van der Waals surface area contributed by atoms with Crippen LogP contribution in [0, 0.1) is 5.92 Å². The van der Waals surface area contributed by atoms with Crippen molar-refractivity contribution < 1.29 is 9.84 Å². The Bertz CT molecular complexity index is 1100. The van der Waals surface area contributed by atoms with Crippen molar-refractivity contribution in [1.82, 2.24) is 19.9 Å². The number of allylic oxidation sites excluding steroid dienone is 1. The number of hydrogen-bond donors (Lipinski definition) is 3. The van der Waals surface area contributed by atoms with Crippen molar-refractivity contribution in [3.8, 4) is 0 Å². The fraction of sp³-hybridized carbons (Fsp3) is 0.409. The van der Waals surface area contributed by atoms with Gasteiger partial charge in [0.1, 0.15) is 5.69 Å². The molecule has 0 bridgehead atoms. The number of hydrogen-bond acceptors (Lipinski definition) is 6. The van der Waals surface area contributed by atoms with Gasteiger partial charge in [0.25, 0.3) is 0 Å². The van der Waals surface area contributed by atoms with Crippen LogP contribution in [0.3, 0.4) is 0 Å². The zero-order valence-electron chi connectivity index (χ0n) is 16.7. The van der Waals surface area contributed by atoms with Gasteiger partial charge >= 0.3 is 0 Å². The monoisotopic (exact) mass is 469 g/mol. The molecule has 2 aromatic heterocycles. The van der Waals surface area contributed by atoms with Gasteiger partial charge in [-0.25, -0.2) is 15.0 Å². The van der Waals surface area contributed by atoms with Crippen molar-refractivity contribution in [3.05, 3.63) is 46.5 Å². The molecule has 8 heteroatoms. The van der Waals surface area contributed by atoms with Crippen LogP contribution in [0.1, 0.15) is 43.9 Å². The van der Waals surface area contributed by atoms with E-state index in [9.17, 15) is 5.11 Å². The van der Waals surface area contributed by atoms with Gasteiger partial charge in [-0.05, 0) is 56.2 Å². The van der Waals surface area contributed by atoms with Gasteiger partial charge < -0.3 is 20.1 Å². The van der Waals surface area contributed by atoms with Crippen molar-refractivity contribution in [2.75, 3.05) is 5.32 Å². The Kier molecular flexibility index (Phi) is 5.20. The average molecular weight is 470 g/mol. The van der Waals surface area contributed by atoms with Crippen LogP contribution in [0.5, 0.6) is 0 Å². The molecule has 2 aliphatic rings. The highest BCUT2D eigenvalue weighted by atomic mass is 79.9. The second-order valence-electron chi connectivity index (χ2n) is 8.16. The van der Waals surface area contributed by atoms with Crippen LogP contribution in [-0.4, -0.2) is 37.3 Å². The summed E-state index contributed by atoms with van der Waals surface area (Å²) >= 11 is 3.76. The summed E-state index contributed by atoms with van der Waals surface area (Å²) in [5, 5.41) is 13.1. The van der Waals surface area contributed by atoms with Gasteiger partial charge in [0.15, 0.2) is 5.76 Å². The molecular formula is C22H24BrN5O2. The van der Waals surface area contributed by atoms with Crippen LogP contribution in [0.4, 0.5) is 11.6 Å². The van der Waals surface area contributed by atoms with Crippen molar-refractivity contribution in [2.24, 2.45) is 5.92 Å². The number of imidazole rings is 1. The molecule has 0 radical (unpaired) electrons. The lowest BCUT2D eigenvalue weighted by atomic mass is 9.92. The molecule has 0 aliphatic heterocycles. The molecule has 2 heterocycles. The third kappa shape index (κ3) is 3.81. The van der Waals surface area contributed by atoms with Gasteiger partial charge in [0, 0.05) is 21.9 Å². The highest BCUT2D eigenvalue weighted by Gasteiger charge is 2.30. The highest BCUT2D eigenvalue weighted by molar-refractivity contribution is 9.11. The average Bonchev–Trinajstić information content (AvgIpc) is 3.21. The number of halogens is 1. The molecule has 3 aromatic rings. The normalized spacial score (nSPS) is 24.0. The van der Waals surface area contributed by atoms with Crippen LogP contribution in [-0.2, 0) is 11.2 Å². The molecule has 0 spiro atoms. The number of nitrogens with one attached hydrogen (secondary N) is 2. The Hall–Kier alpha value is -2.45. The molecule has 0 saturated heterocycles. The fourth-order valence-electron chi connectivity index (χ4n) is 4.15. The zero-order chi connectivity index (χ0) is 20.7. The topological polar surface area (TPSA) is 96.0 Å². The van der Waals surface area contributed by atoms with E-state index in [0.717, 1.165) is 70.3 Å². The van der Waals surface area contributed by atoms with Crippen molar-refractivity contribution >= 4 is 44.4 Å². The minimum atomic E-state index is -0.204. The Morgan fingerprint density at radius 1 is 1.20 bits per heavy atom. The second-order valence-corrected chi connectivity index (χ2v) is 9.01. The van der Waals surface area contributed by atoms with Crippen LogP contribution in [0.15, 0.2) is 35.2 Å². The SMILES string of the molecule is CC1Cc2cnc(Nc3ccc4nc[nH]c4c3)nc2C(OC2CCC(O)CC2)=C1Br. The smallest absolute Gasteiger partial charge is 0.227 e. The van der Waals surface area contributed by atoms with Crippen LogP contribution in [0.25, 0.3) is 16.8 Å². The molecule has 3 N–H and O–H groups in total. The summed E-state index contributed by atoms with van der Waals surface area (Å²) in [4.78, 5) is 16.7. The Morgan fingerprint density at radius 2 is 2.03 bits per heavy atom. The van der Waals surface area contributed by atoms with Gasteiger partial charge in [-0.2, -0.15) is 0 Å². The fourth-order valence-corrected chi connectivity index (χ4v) is 4.60. The number of benzene rings is 1. The predicted molar refractivity (Wildman–Crippen MR) is 119 cm³/mol. The van der Waals surface area contributed by atoms with Crippen molar-refractivity contribution in [2.45, 2.75) is 51.2 Å². The first-order chi connectivity index (χ1) is 14.6. The predicted octanol–water partition coefficient (Wildman–Crippen LogP) is 4.67. The molecule has 2 aliphatic carbocycles. The van der Waals surface area contributed by atoms with Gasteiger partial charge in [-0.1, -0.05) is 22.9 Å². The Labute approximate surface area is 183 Å². The first-order valence-electron chi connectivity index (χ1n) is 10.4. The summed E-state index contributed by atoms with van der Waals surface area (Å²) in [7, 11) is 0. The number of aliphatic hydroxyl groups is 1. The van der Waals surface area contributed by atoms with Gasteiger partial charge in [-0.3, -0.25) is 0 Å². The molecule has 5 rings (SSSR count). The summed E-state index contributed by atoms with van der Waals surface area (Å²) in [6.07, 6.45) is 7.62. The molecule has 1 saturated carbocycles. The third-order valence-corrected chi connectivity index (χ3v) is 7.00. The number of ether oxygens (including phenoxy) is 1. The third-order valence-electron chi connectivity index (χ3n) is 5.86. The molecule has 1 fully saturated rings. The minimum absolute atomic E-state index is 0.100. The first-order valence-corrected chi connectivity index (χ1v) is 11.2. The summed E-state index contributed by atoms with van der Waals surface area (Å²) < 4.78 is 7.48. The van der Waals surface area contributed by atoms with Crippen LogP contribution in [0.2, 0.25) is 0 Å². The number of rotatable bonds is 4. The van der Waals surface area contributed by atoms with E-state index in [0.29, 0.717) is 11.9 Å². The van der Waals surface area contributed by atoms with E-state index in [2.05, 4.69) is 43.1 Å². The summed E-state index contributed by atoms with van der Waals surface area (Å²) in [5.74, 6) is 1.65. The number of aromatic nitrogens is 4.